The fourth-order valence-electron chi connectivity index (χ4n) is 2.12. The molecule has 1 aromatic carbocycles. The molecule has 0 spiro atoms. The maximum absolute atomic E-state index is 11.3. The molecule has 2 aromatic rings. The number of nitrogens with two attached hydrogens (primary N) is 1. The number of nitrogens with zero attached hydrogens (tertiary/aromatic N) is 1. The Hall–Kier alpha value is -1.21. The third-order valence-corrected chi connectivity index (χ3v) is 4.37. The molecular weight excluding hydrogens is 366 g/mol. The molecule has 5 N–H and O–H groups in total. The predicted molar refractivity (Wildman–Crippen MR) is 86.8 cm³/mol. The lowest BCUT2D eigenvalue weighted by Crippen LogP contribution is -2.33. The number of benzene rings is 1. The van der Waals surface area contributed by atoms with Gasteiger partial charge in [0, 0.05) is 22.5 Å². The topological polar surface area (TPSA) is 134 Å². The maximum Gasteiger partial charge on any atom is 0.329 e. The van der Waals surface area contributed by atoms with Gasteiger partial charge >= 0.3 is 13.6 Å². The number of rotatable bonds is 5. The van der Waals surface area contributed by atoms with E-state index < -0.39 is 25.8 Å². The van der Waals surface area contributed by atoms with Gasteiger partial charge < -0.3 is 20.6 Å². The Labute approximate surface area is 141 Å². The monoisotopic (exact) mass is 378 g/mol. The summed E-state index contributed by atoms with van der Waals surface area (Å²) in [6.07, 6.45) is -0.763. The van der Waals surface area contributed by atoms with Crippen LogP contribution in [-0.2, 0) is 21.9 Å². The van der Waals surface area contributed by atoms with Crippen molar-refractivity contribution in [2.24, 2.45) is 5.73 Å². The Balaban J connectivity index is 2.62. The van der Waals surface area contributed by atoms with Crippen LogP contribution < -0.4 is 5.73 Å². The summed E-state index contributed by atoms with van der Waals surface area (Å²) in [5, 5.41) is 10.0. The second kappa shape index (κ2) is 6.73. The molecule has 0 aliphatic carbocycles. The molecular formula is C13H13Cl2N2O5P. The van der Waals surface area contributed by atoms with Crippen molar-refractivity contribution in [3.05, 3.63) is 39.5 Å². The summed E-state index contributed by atoms with van der Waals surface area (Å²) >= 11 is 12.0. The zero-order valence-electron chi connectivity index (χ0n) is 11.6. The van der Waals surface area contributed by atoms with Crippen molar-refractivity contribution in [3.8, 4) is 0 Å². The lowest BCUT2D eigenvalue weighted by Gasteiger charge is -2.14. The molecule has 0 amide bonds. The van der Waals surface area contributed by atoms with Gasteiger partial charge in [-0.2, -0.15) is 0 Å². The Bertz CT molecular complexity index is 824. The lowest BCUT2D eigenvalue weighted by molar-refractivity contribution is -0.138. The largest absolute Gasteiger partial charge is 0.480 e. The van der Waals surface area contributed by atoms with Gasteiger partial charge in [-0.1, -0.05) is 23.2 Å². The fraction of sp³-hybridized carbons (Fsp3) is 0.231. The molecule has 0 saturated heterocycles. The first-order valence-corrected chi connectivity index (χ1v) is 8.92. The van der Waals surface area contributed by atoms with Gasteiger partial charge in [-0.3, -0.25) is 14.3 Å². The zero-order valence-corrected chi connectivity index (χ0v) is 14.0. The van der Waals surface area contributed by atoms with E-state index in [9.17, 15) is 19.1 Å². The number of hydrogen-bond acceptors (Lipinski definition) is 4. The third-order valence-electron chi connectivity index (χ3n) is 3.11. The highest BCUT2D eigenvalue weighted by Gasteiger charge is 2.22. The summed E-state index contributed by atoms with van der Waals surface area (Å²) in [6, 6.07) is 3.27. The molecule has 23 heavy (non-hydrogen) atoms. The molecule has 0 radical (unpaired) electrons. The van der Waals surface area contributed by atoms with Crippen LogP contribution in [-0.4, -0.2) is 31.9 Å². The summed E-state index contributed by atoms with van der Waals surface area (Å²) in [6.45, 7) is 0. The van der Waals surface area contributed by atoms with Gasteiger partial charge in [0.2, 0.25) is 0 Å². The number of carbonyl (C=O) groups is 1. The van der Waals surface area contributed by atoms with Gasteiger partial charge in [-0.05, 0) is 23.8 Å². The number of aliphatic carboxylic acids is 1. The van der Waals surface area contributed by atoms with E-state index in [1.807, 2.05) is 0 Å². The molecule has 124 valence electrons. The van der Waals surface area contributed by atoms with Crippen LogP contribution in [0.1, 0.15) is 11.3 Å². The summed E-state index contributed by atoms with van der Waals surface area (Å²) in [5.41, 5.74) is 6.25. The smallest absolute Gasteiger partial charge is 0.329 e. The molecule has 1 atom stereocenters. The van der Waals surface area contributed by atoms with E-state index >= 15 is 0 Å². The highest BCUT2D eigenvalue weighted by molar-refractivity contribution is 7.50. The van der Waals surface area contributed by atoms with Crippen molar-refractivity contribution in [2.45, 2.75) is 18.6 Å². The molecule has 0 fully saturated rings. The molecule has 7 nitrogen and oxygen atoms in total. The number of halogens is 2. The average Bonchev–Trinajstić information content (AvgIpc) is 2.38. The Morgan fingerprint density at radius 2 is 1.96 bits per heavy atom. The van der Waals surface area contributed by atoms with Crippen LogP contribution in [0.4, 0.5) is 0 Å². The van der Waals surface area contributed by atoms with Gasteiger partial charge in [0.05, 0.1) is 16.7 Å². The second-order valence-corrected chi connectivity index (χ2v) is 7.51. The summed E-state index contributed by atoms with van der Waals surface area (Å²) in [7, 11) is -4.38. The molecule has 1 heterocycles. The number of hydrogen-bond donors (Lipinski definition) is 4. The average molecular weight is 379 g/mol. The van der Waals surface area contributed by atoms with E-state index in [1.165, 1.54) is 12.1 Å². The van der Waals surface area contributed by atoms with Crippen molar-refractivity contribution in [1.29, 1.82) is 0 Å². The fourth-order valence-corrected chi connectivity index (χ4v) is 3.39. The van der Waals surface area contributed by atoms with E-state index in [2.05, 4.69) is 4.98 Å². The van der Waals surface area contributed by atoms with Crippen LogP contribution in [0.25, 0.3) is 10.9 Å². The van der Waals surface area contributed by atoms with Gasteiger partial charge in [-0.15, -0.1) is 0 Å². The van der Waals surface area contributed by atoms with Crippen LogP contribution in [0.2, 0.25) is 10.0 Å². The first-order valence-electron chi connectivity index (χ1n) is 6.37. The van der Waals surface area contributed by atoms with Gasteiger partial charge in [0.1, 0.15) is 6.04 Å². The van der Waals surface area contributed by atoms with E-state index in [-0.39, 0.29) is 22.7 Å². The molecule has 0 aliphatic heterocycles. The minimum Gasteiger partial charge on any atom is -0.480 e. The summed E-state index contributed by atoms with van der Waals surface area (Å²) in [5.74, 6) is -1.24. The van der Waals surface area contributed by atoms with Crippen LogP contribution in [0.15, 0.2) is 18.2 Å². The van der Waals surface area contributed by atoms with Crippen molar-refractivity contribution in [1.82, 2.24) is 4.98 Å². The Kier molecular flexibility index (Phi) is 5.30. The van der Waals surface area contributed by atoms with Crippen LogP contribution in [0, 0.1) is 0 Å². The number of carboxylic acids is 1. The molecule has 2 rings (SSSR count). The SMILES string of the molecule is NC(Cc1nc2c(Cl)cc(Cl)cc2cc1CP(=O)(O)O)C(=O)O. The van der Waals surface area contributed by atoms with E-state index in [4.69, 9.17) is 34.0 Å². The first-order chi connectivity index (χ1) is 10.6. The van der Waals surface area contributed by atoms with Gasteiger partial charge in [0.25, 0.3) is 0 Å². The third kappa shape index (κ3) is 4.64. The Morgan fingerprint density at radius 1 is 1.30 bits per heavy atom. The zero-order chi connectivity index (χ0) is 17.4. The molecule has 1 aromatic heterocycles. The van der Waals surface area contributed by atoms with Crippen molar-refractivity contribution in [3.63, 3.8) is 0 Å². The normalized spacial score (nSPS) is 13.3. The molecule has 0 bridgehead atoms. The minimum atomic E-state index is -4.38. The van der Waals surface area contributed by atoms with Gasteiger partial charge in [-0.25, -0.2) is 0 Å². The number of fused-ring (bicyclic) bond motifs is 1. The van der Waals surface area contributed by atoms with Crippen molar-refractivity contribution < 1.29 is 24.3 Å². The number of carboxylic acid groups (broad SMARTS) is 1. The van der Waals surface area contributed by atoms with Crippen LogP contribution >= 0.6 is 30.8 Å². The number of pyridine rings is 1. The Morgan fingerprint density at radius 3 is 2.52 bits per heavy atom. The molecule has 0 saturated carbocycles. The predicted octanol–water partition coefficient (Wildman–Crippen LogP) is 2.17. The highest BCUT2D eigenvalue weighted by Crippen LogP contribution is 2.41. The first kappa shape index (κ1) is 18.1. The standard InChI is InChI=1S/C13H13Cl2N2O5P/c14-8-2-6-1-7(5-23(20,21)22)11(4-10(16)13(18)19)17-12(6)9(15)3-8/h1-3,10H,4-5,16H2,(H,18,19)(H2,20,21,22). The molecule has 0 aliphatic rings. The lowest BCUT2D eigenvalue weighted by atomic mass is 10.0. The van der Waals surface area contributed by atoms with Crippen molar-refractivity contribution >= 4 is 47.7 Å². The van der Waals surface area contributed by atoms with Crippen molar-refractivity contribution in [2.75, 3.05) is 0 Å². The van der Waals surface area contributed by atoms with E-state index in [0.717, 1.165) is 0 Å². The van der Waals surface area contributed by atoms with Crippen LogP contribution in [0.3, 0.4) is 0 Å². The molecule has 10 heteroatoms. The molecule has 1 unspecified atom stereocenters. The quantitative estimate of drug-likeness (QED) is 0.585. The highest BCUT2D eigenvalue weighted by atomic mass is 35.5. The van der Waals surface area contributed by atoms with E-state index in [1.54, 1.807) is 6.07 Å². The summed E-state index contributed by atoms with van der Waals surface area (Å²) in [4.78, 5) is 33.6. The maximum atomic E-state index is 11.3. The second-order valence-electron chi connectivity index (χ2n) is 5.03. The van der Waals surface area contributed by atoms with E-state index in [0.29, 0.717) is 15.9 Å². The van der Waals surface area contributed by atoms with Gasteiger partial charge in [0.15, 0.2) is 0 Å². The number of aromatic nitrogens is 1. The summed E-state index contributed by atoms with van der Waals surface area (Å²) < 4.78 is 11.3. The van der Waals surface area contributed by atoms with Crippen LogP contribution in [0.5, 0.6) is 0 Å². The minimum absolute atomic E-state index is 0.181.